The van der Waals surface area contributed by atoms with Crippen LogP contribution < -0.4 is 10.0 Å². The van der Waals surface area contributed by atoms with Gasteiger partial charge in [-0.3, -0.25) is 9.52 Å². The summed E-state index contributed by atoms with van der Waals surface area (Å²) in [5, 5.41) is 2.99. The number of aromatic nitrogens is 1. The van der Waals surface area contributed by atoms with Crippen molar-refractivity contribution in [1.29, 1.82) is 0 Å². The second-order valence-corrected chi connectivity index (χ2v) is 6.76. The number of anilines is 1. The predicted molar refractivity (Wildman–Crippen MR) is 90.7 cm³/mol. The lowest BCUT2D eigenvalue weighted by atomic mass is 9.99. The molecule has 0 radical (unpaired) electrons. The van der Waals surface area contributed by atoms with Crippen LogP contribution in [0.2, 0.25) is 0 Å². The molecule has 2 heterocycles. The fourth-order valence-electron chi connectivity index (χ4n) is 3.38. The van der Waals surface area contributed by atoms with Gasteiger partial charge in [0, 0.05) is 27.5 Å². The van der Waals surface area contributed by atoms with Crippen molar-refractivity contribution in [3.63, 3.8) is 0 Å². The van der Waals surface area contributed by atoms with Gasteiger partial charge in [-0.15, -0.1) is 0 Å². The maximum atomic E-state index is 12.5. The number of rotatable bonds is 2. The van der Waals surface area contributed by atoms with Crippen molar-refractivity contribution in [2.24, 2.45) is 0 Å². The Kier molecular flexibility index (Phi) is 3.13. The lowest BCUT2D eigenvalue weighted by Gasteiger charge is -2.06. The Morgan fingerprint density at radius 2 is 2.09 bits per heavy atom. The van der Waals surface area contributed by atoms with Crippen LogP contribution in [0.1, 0.15) is 28.9 Å². The number of carbonyl (C=O) groups is 1. The minimum Gasteiger partial charge on any atom is -0.359 e. The maximum absolute atomic E-state index is 12.5. The molecule has 2 aliphatic rings. The van der Waals surface area contributed by atoms with Gasteiger partial charge in [-0.25, -0.2) is 0 Å². The van der Waals surface area contributed by atoms with Gasteiger partial charge in [-0.1, -0.05) is 0 Å². The fourth-order valence-corrected chi connectivity index (χ4v) is 3.92. The molecule has 0 spiro atoms. The van der Waals surface area contributed by atoms with Gasteiger partial charge >= 0.3 is 0 Å². The summed E-state index contributed by atoms with van der Waals surface area (Å²) < 4.78 is 3.08. The SMILES string of the molecule is CNSc1ccc2c(c1)/C(=C1\CCc3cc(C)[nH]c31)C(=O)N2. The molecule has 0 unspecified atom stereocenters. The van der Waals surface area contributed by atoms with Crippen molar-refractivity contribution in [2.75, 3.05) is 12.4 Å². The van der Waals surface area contributed by atoms with E-state index in [9.17, 15) is 4.79 Å². The molecule has 5 heteroatoms. The van der Waals surface area contributed by atoms with E-state index in [1.54, 1.807) is 11.9 Å². The number of H-pyrrole nitrogens is 1. The normalized spacial score (nSPS) is 19.3. The van der Waals surface area contributed by atoms with Crippen LogP contribution in [0.3, 0.4) is 0 Å². The van der Waals surface area contributed by atoms with E-state index in [0.717, 1.165) is 51.5 Å². The Hall–Kier alpha value is -1.98. The molecule has 112 valence electrons. The lowest BCUT2D eigenvalue weighted by molar-refractivity contribution is -0.110. The number of aromatic amines is 1. The number of hydrogen-bond donors (Lipinski definition) is 3. The number of allylic oxidation sites excluding steroid dienone is 1. The zero-order valence-electron chi connectivity index (χ0n) is 12.5. The number of carbonyl (C=O) groups excluding carboxylic acids is 1. The van der Waals surface area contributed by atoms with Gasteiger partial charge in [-0.2, -0.15) is 0 Å². The van der Waals surface area contributed by atoms with E-state index in [1.165, 1.54) is 5.56 Å². The predicted octanol–water partition coefficient (Wildman–Crippen LogP) is 3.36. The number of benzene rings is 1. The molecule has 1 aliphatic carbocycles. The molecule has 0 atom stereocenters. The molecule has 1 aliphatic heterocycles. The molecular formula is C17H17N3OS. The highest BCUT2D eigenvalue weighted by Gasteiger charge is 2.31. The number of aryl methyl sites for hydroxylation is 2. The van der Waals surface area contributed by atoms with Gasteiger partial charge in [0.05, 0.1) is 5.57 Å². The first-order chi connectivity index (χ1) is 10.7. The first kappa shape index (κ1) is 13.7. The summed E-state index contributed by atoms with van der Waals surface area (Å²) in [5.74, 6) is 0.0108. The van der Waals surface area contributed by atoms with Gasteiger partial charge in [0.15, 0.2) is 0 Å². The maximum Gasteiger partial charge on any atom is 0.256 e. The number of fused-ring (bicyclic) bond motifs is 2. The average molecular weight is 311 g/mol. The summed E-state index contributed by atoms with van der Waals surface area (Å²) in [7, 11) is 1.89. The standard InChI is InChI=1S/C17H17N3OS/c1-9-7-10-3-5-12(16(10)19-9)15-13-8-11(22-18-2)4-6-14(13)20-17(15)21/h4,6-8,18-19H,3,5H2,1-2H3,(H,20,21)/b15-12-. The highest BCUT2D eigenvalue weighted by Crippen LogP contribution is 2.43. The van der Waals surface area contributed by atoms with E-state index >= 15 is 0 Å². The molecule has 22 heavy (non-hydrogen) atoms. The summed E-state index contributed by atoms with van der Waals surface area (Å²) in [5.41, 5.74) is 7.51. The van der Waals surface area contributed by atoms with Crippen LogP contribution in [-0.4, -0.2) is 17.9 Å². The van der Waals surface area contributed by atoms with E-state index in [-0.39, 0.29) is 5.91 Å². The molecule has 1 aromatic carbocycles. The highest BCUT2D eigenvalue weighted by molar-refractivity contribution is 7.97. The summed E-state index contributed by atoms with van der Waals surface area (Å²) in [6.07, 6.45) is 1.93. The monoisotopic (exact) mass is 311 g/mol. The number of nitrogens with one attached hydrogen (secondary N) is 3. The third kappa shape index (κ3) is 2.01. The fraction of sp³-hybridized carbons (Fsp3) is 0.235. The van der Waals surface area contributed by atoms with Gasteiger partial charge in [-0.05, 0) is 74.2 Å². The quantitative estimate of drug-likeness (QED) is 0.589. The van der Waals surface area contributed by atoms with Crippen molar-refractivity contribution in [3.05, 3.63) is 46.8 Å². The third-order valence-corrected chi connectivity index (χ3v) is 4.93. The van der Waals surface area contributed by atoms with Crippen LogP contribution in [-0.2, 0) is 11.2 Å². The second kappa shape index (κ2) is 5.04. The van der Waals surface area contributed by atoms with Crippen molar-refractivity contribution in [1.82, 2.24) is 9.71 Å². The van der Waals surface area contributed by atoms with Crippen LogP contribution in [0.15, 0.2) is 29.2 Å². The Bertz CT molecular complexity index is 819. The Morgan fingerprint density at radius 1 is 1.23 bits per heavy atom. The largest absolute Gasteiger partial charge is 0.359 e. The molecule has 1 amide bonds. The number of amides is 1. The van der Waals surface area contributed by atoms with Crippen LogP contribution in [0.5, 0.6) is 0 Å². The van der Waals surface area contributed by atoms with E-state index in [0.29, 0.717) is 0 Å². The topological polar surface area (TPSA) is 56.9 Å². The highest BCUT2D eigenvalue weighted by atomic mass is 32.2. The summed E-state index contributed by atoms with van der Waals surface area (Å²) in [6, 6.07) is 8.28. The van der Waals surface area contributed by atoms with Gasteiger partial charge < -0.3 is 10.3 Å². The van der Waals surface area contributed by atoms with Crippen LogP contribution in [0.25, 0.3) is 11.1 Å². The van der Waals surface area contributed by atoms with Gasteiger partial charge in [0.25, 0.3) is 5.91 Å². The van der Waals surface area contributed by atoms with E-state index in [4.69, 9.17) is 0 Å². The van der Waals surface area contributed by atoms with Crippen molar-refractivity contribution >= 4 is 34.7 Å². The average Bonchev–Trinajstić information content (AvgIpc) is 3.11. The summed E-state index contributed by atoms with van der Waals surface area (Å²) >= 11 is 1.56. The molecule has 3 N–H and O–H groups in total. The molecule has 0 saturated carbocycles. The first-order valence-electron chi connectivity index (χ1n) is 7.38. The Morgan fingerprint density at radius 3 is 2.91 bits per heavy atom. The lowest BCUT2D eigenvalue weighted by Crippen LogP contribution is -2.05. The van der Waals surface area contributed by atoms with Crippen LogP contribution >= 0.6 is 11.9 Å². The van der Waals surface area contributed by atoms with Crippen LogP contribution in [0, 0.1) is 6.92 Å². The molecule has 0 bridgehead atoms. The van der Waals surface area contributed by atoms with E-state index in [2.05, 4.69) is 34.1 Å². The molecule has 2 aromatic rings. The molecular weight excluding hydrogens is 294 g/mol. The summed E-state index contributed by atoms with van der Waals surface area (Å²) in [6.45, 7) is 2.06. The second-order valence-electron chi connectivity index (χ2n) is 5.67. The summed E-state index contributed by atoms with van der Waals surface area (Å²) in [4.78, 5) is 17.0. The van der Waals surface area contributed by atoms with Crippen molar-refractivity contribution in [3.8, 4) is 0 Å². The minimum atomic E-state index is 0.0108. The molecule has 0 saturated heterocycles. The Labute approximate surface area is 133 Å². The molecule has 0 fully saturated rings. The third-order valence-electron chi connectivity index (χ3n) is 4.24. The molecule has 4 nitrogen and oxygen atoms in total. The van der Waals surface area contributed by atoms with Crippen molar-refractivity contribution < 1.29 is 4.79 Å². The zero-order valence-corrected chi connectivity index (χ0v) is 13.4. The van der Waals surface area contributed by atoms with Crippen molar-refractivity contribution in [2.45, 2.75) is 24.7 Å². The van der Waals surface area contributed by atoms with E-state index < -0.39 is 0 Å². The Balaban J connectivity index is 1.89. The first-order valence-corrected chi connectivity index (χ1v) is 8.20. The number of hydrogen-bond acceptors (Lipinski definition) is 3. The van der Waals surface area contributed by atoms with Crippen LogP contribution in [0.4, 0.5) is 5.69 Å². The molecule has 1 aromatic heterocycles. The zero-order chi connectivity index (χ0) is 15.3. The smallest absolute Gasteiger partial charge is 0.256 e. The van der Waals surface area contributed by atoms with Gasteiger partial charge in [0.2, 0.25) is 0 Å². The van der Waals surface area contributed by atoms with E-state index in [1.807, 2.05) is 19.2 Å². The van der Waals surface area contributed by atoms with Gasteiger partial charge in [0.1, 0.15) is 0 Å². The molecule has 4 rings (SSSR count). The minimum absolute atomic E-state index is 0.0108.